The van der Waals surface area contributed by atoms with E-state index in [-0.39, 0.29) is 24.0 Å². The molecular formula is C22H28IN7. The molecule has 8 heteroatoms. The quantitative estimate of drug-likeness (QED) is 0.319. The third kappa shape index (κ3) is 5.35. The summed E-state index contributed by atoms with van der Waals surface area (Å²) >= 11 is 0. The summed E-state index contributed by atoms with van der Waals surface area (Å²) in [5, 5.41) is 4.62. The standard InChI is InChI=1S/C22H27N7.HI/c1-2-23-21(28-14-16-29(17-15-28)22-25-11-5-12-26-22)27-13-9-19-7-3-6-18-8-4-10-24-20(18)19;/h3-8,10-12H,2,9,13-17H2,1H3,(H,23,27);1H. The van der Waals surface area contributed by atoms with Crippen LogP contribution < -0.4 is 10.2 Å². The lowest BCUT2D eigenvalue weighted by Crippen LogP contribution is -2.53. The third-order valence-corrected chi connectivity index (χ3v) is 5.11. The maximum absolute atomic E-state index is 4.89. The number of piperazine rings is 1. The first kappa shape index (κ1) is 22.2. The van der Waals surface area contributed by atoms with E-state index in [4.69, 9.17) is 4.99 Å². The number of pyridine rings is 1. The Balaban J connectivity index is 0.00000256. The van der Waals surface area contributed by atoms with Crippen LogP contribution in [0.5, 0.6) is 0 Å². The van der Waals surface area contributed by atoms with Crippen molar-refractivity contribution >= 4 is 46.8 Å². The van der Waals surface area contributed by atoms with Gasteiger partial charge in [-0.25, -0.2) is 9.97 Å². The van der Waals surface area contributed by atoms with Crippen LogP contribution in [0.4, 0.5) is 5.95 Å². The maximum Gasteiger partial charge on any atom is 0.225 e. The summed E-state index contributed by atoms with van der Waals surface area (Å²) in [6, 6.07) is 12.3. The highest BCUT2D eigenvalue weighted by molar-refractivity contribution is 14.0. The Morgan fingerprint density at radius 3 is 2.47 bits per heavy atom. The van der Waals surface area contributed by atoms with Crippen LogP contribution in [0, 0.1) is 0 Å². The SMILES string of the molecule is CCNC(=NCCc1cccc2cccnc12)N1CCN(c2ncccn2)CC1.I. The molecular weight excluding hydrogens is 489 g/mol. The number of rotatable bonds is 5. The molecule has 1 aliphatic rings. The minimum Gasteiger partial charge on any atom is -0.357 e. The Kier molecular flexibility index (Phi) is 8.18. The number of benzene rings is 1. The minimum absolute atomic E-state index is 0. The Morgan fingerprint density at radius 2 is 1.70 bits per heavy atom. The van der Waals surface area contributed by atoms with Gasteiger partial charge in [0, 0.05) is 63.2 Å². The smallest absolute Gasteiger partial charge is 0.225 e. The van der Waals surface area contributed by atoms with Crippen molar-refractivity contribution in [2.75, 3.05) is 44.2 Å². The number of nitrogens with zero attached hydrogens (tertiary/aromatic N) is 6. The summed E-state index contributed by atoms with van der Waals surface area (Å²) in [5.74, 6) is 1.78. The van der Waals surface area contributed by atoms with Crippen LogP contribution in [-0.4, -0.2) is 65.1 Å². The molecule has 0 unspecified atom stereocenters. The van der Waals surface area contributed by atoms with Gasteiger partial charge in [0.25, 0.3) is 0 Å². The molecule has 1 aromatic carbocycles. The van der Waals surface area contributed by atoms with E-state index in [1.54, 1.807) is 12.4 Å². The molecule has 3 heterocycles. The van der Waals surface area contributed by atoms with Crippen molar-refractivity contribution in [2.45, 2.75) is 13.3 Å². The molecule has 0 aliphatic carbocycles. The third-order valence-electron chi connectivity index (χ3n) is 5.11. The van der Waals surface area contributed by atoms with Crippen LogP contribution in [0.15, 0.2) is 60.0 Å². The zero-order valence-electron chi connectivity index (χ0n) is 17.2. The number of hydrogen-bond acceptors (Lipinski definition) is 5. The van der Waals surface area contributed by atoms with Gasteiger partial charge in [0.1, 0.15) is 0 Å². The summed E-state index contributed by atoms with van der Waals surface area (Å²) in [4.78, 5) is 22.7. The van der Waals surface area contributed by atoms with E-state index in [2.05, 4.69) is 61.3 Å². The van der Waals surface area contributed by atoms with Crippen LogP contribution >= 0.6 is 24.0 Å². The van der Waals surface area contributed by atoms with Crippen molar-refractivity contribution in [3.8, 4) is 0 Å². The van der Waals surface area contributed by atoms with Gasteiger partial charge in [-0.05, 0) is 31.0 Å². The monoisotopic (exact) mass is 517 g/mol. The Morgan fingerprint density at radius 1 is 0.967 bits per heavy atom. The highest BCUT2D eigenvalue weighted by atomic mass is 127. The van der Waals surface area contributed by atoms with Crippen molar-refractivity contribution in [2.24, 2.45) is 4.99 Å². The number of fused-ring (bicyclic) bond motifs is 1. The fourth-order valence-electron chi connectivity index (χ4n) is 3.65. The molecule has 158 valence electrons. The predicted octanol–water partition coefficient (Wildman–Crippen LogP) is 2.97. The van der Waals surface area contributed by atoms with Crippen molar-refractivity contribution in [3.63, 3.8) is 0 Å². The minimum atomic E-state index is 0. The summed E-state index contributed by atoms with van der Waals surface area (Å²) in [5.41, 5.74) is 2.32. The summed E-state index contributed by atoms with van der Waals surface area (Å²) in [6.07, 6.45) is 6.32. The van der Waals surface area contributed by atoms with E-state index in [1.807, 2.05) is 18.3 Å². The average molecular weight is 517 g/mol. The first-order valence-corrected chi connectivity index (χ1v) is 10.2. The molecule has 0 amide bonds. The van der Waals surface area contributed by atoms with Gasteiger partial charge < -0.3 is 15.1 Å². The molecule has 2 aromatic heterocycles. The number of aliphatic imine (C=N–C) groups is 1. The summed E-state index contributed by atoms with van der Waals surface area (Å²) < 4.78 is 0. The molecule has 1 fully saturated rings. The van der Waals surface area contributed by atoms with Gasteiger partial charge in [0.05, 0.1) is 5.52 Å². The van der Waals surface area contributed by atoms with E-state index >= 15 is 0 Å². The van der Waals surface area contributed by atoms with Gasteiger partial charge in [0.2, 0.25) is 5.95 Å². The zero-order chi connectivity index (χ0) is 19.9. The Bertz CT molecular complexity index is 951. The lowest BCUT2D eigenvalue weighted by Gasteiger charge is -2.36. The van der Waals surface area contributed by atoms with Crippen LogP contribution in [0.2, 0.25) is 0 Å². The van der Waals surface area contributed by atoms with Crippen molar-refractivity contribution in [1.82, 2.24) is 25.2 Å². The predicted molar refractivity (Wildman–Crippen MR) is 133 cm³/mol. The molecule has 0 saturated carbocycles. The molecule has 4 rings (SSSR count). The zero-order valence-corrected chi connectivity index (χ0v) is 19.6. The number of hydrogen-bond donors (Lipinski definition) is 1. The van der Waals surface area contributed by atoms with Gasteiger partial charge in [-0.3, -0.25) is 9.98 Å². The first-order chi connectivity index (χ1) is 14.3. The molecule has 1 aliphatic heterocycles. The van der Waals surface area contributed by atoms with E-state index in [0.717, 1.165) is 63.1 Å². The van der Waals surface area contributed by atoms with Crippen LogP contribution in [0.3, 0.4) is 0 Å². The van der Waals surface area contributed by atoms with E-state index in [9.17, 15) is 0 Å². The molecule has 0 bridgehead atoms. The van der Waals surface area contributed by atoms with Gasteiger partial charge in [-0.1, -0.05) is 24.3 Å². The van der Waals surface area contributed by atoms with Gasteiger partial charge in [0.15, 0.2) is 5.96 Å². The molecule has 7 nitrogen and oxygen atoms in total. The molecule has 1 N–H and O–H groups in total. The largest absolute Gasteiger partial charge is 0.357 e. The average Bonchev–Trinajstić information content (AvgIpc) is 2.79. The van der Waals surface area contributed by atoms with Gasteiger partial charge in [-0.2, -0.15) is 0 Å². The molecule has 0 atom stereocenters. The highest BCUT2D eigenvalue weighted by Crippen LogP contribution is 2.16. The lowest BCUT2D eigenvalue weighted by molar-refractivity contribution is 0.370. The maximum atomic E-state index is 4.89. The van der Waals surface area contributed by atoms with Crippen LogP contribution in [-0.2, 0) is 6.42 Å². The van der Waals surface area contributed by atoms with E-state index in [1.165, 1.54) is 10.9 Å². The lowest BCUT2D eigenvalue weighted by atomic mass is 10.1. The fourth-order valence-corrected chi connectivity index (χ4v) is 3.65. The van der Waals surface area contributed by atoms with E-state index < -0.39 is 0 Å². The fraction of sp³-hybridized carbons (Fsp3) is 0.364. The second-order valence-corrected chi connectivity index (χ2v) is 7.00. The molecule has 30 heavy (non-hydrogen) atoms. The molecule has 3 aromatic rings. The second-order valence-electron chi connectivity index (χ2n) is 7.00. The molecule has 1 saturated heterocycles. The summed E-state index contributed by atoms with van der Waals surface area (Å²) in [7, 11) is 0. The number of guanidine groups is 1. The van der Waals surface area contributed by atoms with Gasteiger partial charge >= 0.3 is 0 Å². The first-order valence-electron chi connectivity index (χ1n) is 10.2. The number of nitrogens with one attached hydrogen (secondary N) is 1. The Labute approximate surface area is 194 Å². The number of para-hydroxylation sites is 1. The number of aromatic nitrogens is 3. The molecule has 0 spiro atoms. The second kappa shape index (κ2) is 11.1. The van der Waals surface area contributed by atoms with Crippen LogP contribution in [0.25, 0.3) is 10.9 Å². The van der Waals surface area contributed by atoms with Crippen molar-refractivity contribution in [1.29, 1.82) is 0 Å². The molecule has 0 radical (unpaired) electrons. The van der Waals surface area contributed by atoms with Crippen molar-refractivity contribution < 1.29 is 0 Å². The van der Waals surface area contributed by atoms with Gasteiger partial charge in [-0.15, -0.1) is 24.0 Å². The van der Waals surface area contributed by atoms with Crippen LogP contribution in [0.1, 0.15) is 12.5 Å². The van der Waals surface area contributed by atoms with E-state index in [0.29, 0.717) is 0 Å². The summed E-state index contributed by atoms with van der Waals surface area (Å²) in [6.45, 7) is 7.29. The number of anilines is 1. The Hall–Kier alpha value is -2.49. The topological polar surface area (TPSA) is 69.5 Å². The normalized spacial score (nSPS) is 14.5. The number of halogens is 1. The highest BCUT2D eigenvalue weighted by Gasteiger charge is 2.21. The van der Waals surface area contributed by atoms with Crippen molar-refractivity contribution in [3.05, 3.63) is 60.6 Å².